The van der Waals surface area contributed by atoms with E-state index in [1.54, 1.807) is 27.4 Å². The van der Waals surface area contributed by atoms with Gasteiger partial charge in [0.2, 0.25) is 21.8 Å². The van der Waals surface area contributed by atoms with Gasteiger partial charge in [-0.05, 0) is 106 Å². The molecule has 0 unspecified atom stereocenters. The van der Waals surface area contributed by atoms with Gasteiger partial charge in [0.25, 0.3) is 0 Å². The summed E-state index contributed by atoms with van der Waals surface area (Å²) in [5, 5.41) is 3.12. The maximum atomic E-state index is 13.2. The smallest absolute Gasteiger partial charge is 0.243 e. The molecule has 7 rings (SSSR count). The van der Waals surface area contributed by atoms with E-state index >= 15 is 0 Å². The molecule has 6 aliphatic rings. The zero-order valence-corrected chi connectivity index (χ0v) is 21.3. The van der Waals surface area contributed by atoms with Crippen molar-refractivity contribution in [1.82, 2.24) is 9.62 Å². The topological polar surface area (TPSA) is 86.8 Å². The molecule has 0 atom stereocenters. The first-order valence-electron chi connectivity index (χ1n) is 13.6. The van der Waals surface area contributed by atoms with E-state index in [1.165, 1.54) is 19.3 Å². The maximum absolute atomic E-state index is 13.2. The van der Waals surface area contributed by atoms with E-state index < -0.39 is 10.0 Å². The van der Waals surface area contributed by atoms with Crippen LogP contribution in [-0.4, -0.2) is 50.7 Å². The average Bonchev–Trinajstić information content (AvgIpc) is 3.38. The van der Waals surface area contributed by atoms with Crippen molar-refractivity contribution in [2.24, 2.45) is 23.2 Å². The summed E-state index contributed by atoms with van der Waals surface area (Å²) in [5.74, 6) is 2.32. The minimum absolute atomic E-state index is 0.00749. The van der Waals surface area contributed by atoms with Crippen LogP contribution in [0.15, 0.2) is 23.1 Å². The Kier molecular flexibility index (Phi) is 5.95. The molecule has 4 saturated carbocycles. The van der Waals surface area contributed by atoms with Gasteiger partial charge < -0.3 is 10.2 Å². The van der Waals surface area contributed by atoms with Gasteiger partial charge in [-0.2, -0.15) is 4.31 Å². The Balaban J connectivity index is 1.09. The third-order valence-electron chi connectivity index (χ3n) is 9.32. The lowest BCUT2D eigenvalue weighted by Crippen LogP contribution is -2.53. The van der Waals surface area contributed by atoms with Crippen LogP contribution in [0.1, 0.15) is 69.8 Å². The third-order valence-corrected chi connectivity index (χ3v) is 11.2. The molecule has 1 aromatic carbocycles. The molecular weight excluding hydrogens is 462 g/mol. The van der Waals surface area contributed by atoms with Gasteiger partial charge in [-0.1, -0.05) is 0 Å². The Morgan fingerprint density at radius 2 is 1.60 bits per heavy atom. The van der Waals surface area contributed by atoms with Gasteiger partial charge in [0.1, 0.15) is 0 Å². The highest BCUT2D eigenvalue weighted by molar-refractivity contribution is 7.89. The van der Waals surface area contributed by atoms with Gasteiger partial charge in [0, 0.05) is 43.7 Å². The fraction of sp³-hybridized carbons (Fsp3) is 0.704. The number of benzene rings is 1. The van der Waals surface area contributed by atoms with Gasteiger partial charge in [0.15, 0.2) is 0 Å². The van der Waals surface area contributed by atoms with Crippen LogP contribution in [0.2, 0.25) is 0 Å². The molecule has 2 amide bonds. The van der Waals surface area contributed by atoms with E-state index in [9.17, 15) is 18.0 Å². The number of amides is 2. The first-order valence-corrected chi connectivity index (χ1v) is 15.0. The first-order chi connectivity index (χ1) is 16.8. The lowest BCUT2D eigenvalue weighted by Gasteiger charge is -2.55. The molecule has 2 aliphatic heterocycles. The Morgan fingerprint density at radius 3 is 2.26 bits per heavy atom. The molecule has 7 nitrogen and oxygen atoms in total. The number of nitrogens with one attached hydrogen (secondary N) is 1. The van der Waals surface area contributed by atoms with Crippen molar-refractivity contribution >= 4 is 27.5 Å². The van der Waals surface area contributed by atoms with Gasteiger partial charge in [0.05, 0.1) is 4.90 Å². The summed E-state index contributed by atoms with van der Waals surface area (Å²) in [6, 6.07) is 5.20. The Hall–Kier alpha value is -1.93. The zero-order valence-electron chi connectivity index (χ0n) is 20.5. The van der Waals surface area contributed by atoms with Crippen LogP contribution < -0.4 is 10.2 Å². The lowest BCUT2D eigenvalue weighted by molar-refractivity contribution is -0.146. The average molecular weight is 500 g/mol. The molecule has 35 heavy (non-hydrogen) atoms. The number of nitrogens with zero attached hydrogens (tertiary/aromatic N) is 2. The lowest BCUT2D eigenvalue weighted by atomic mass is 9.49. The quantitative estimate of drug-likeness (QED) is 0.649. The number of fused-ring (bicyclic) bond motifs is 1. The van der Waals surface area contributed by atoms with Crippen LogP contribution in [-0.2, 0) is 26.0 Å². The molecule has 1 aromatic rings. The van der Waals surface area contributed by atoms with Crippen LogP contribution in [0.25, 0.3) is 0 Å². The molecule has 5 fully saturated rings. The highest BCUT2D eigenvalue weighted by Crippen LogP contribution is 2.60. The van der Waals surface area contributed by atoms with Crippen molar-refractivity contribution < 1.29 is 18.0 Å². The predicted molar refractivity (Wildman–Crippen MR) is 133 cm³/mol. The summed E-state index contributed by atoms with van der Waals surface area (Å²) in [4.78, 5) is 28.4. The number of sulfonamides is 1. The summed E-state index contributed by atoms with van der Waals surface area (Å²) in [6.07, 6.45) is 10.7. The number of rotatable bonds is 6. The van der Waals surface area contributed by atoms with Crippen LogP contribution in [0.4, 0.5) is 5.69 Å². The van der Waals surface area contributed by atoms with Gasteiger partial charge >= 0.3 is 0 Å². The molecule has 0 spiro atoms. The van der Waals surface area contributed by atoms with Gasteiger partial charge in [-0.25, -0.2) is 8.42 Å². The van der Waals surface area contributed by atoms with E-state index in [0.717, 1.165) is 74.0 Å². The number of aryl methyl sites for hydroxylation is 1. The van der Waals surface area contributed by atoms with Gasteiger partial charge in [-0.3, -0.25) is 9.59 Å². The van der Waals surface area contributed by atoms with Crippen molar-refractivity contribution in [1.29, 1.82) is 0 Å². The number of anilines is 1. The van der Waals surface area contributed by atoms with Crippen molar-refractivity contribution in [2.75, 3.05) is 31.1 Å². The highest BCUT2D eigenvalue weighted by Gasteiger charge is 2.54. The fourth-order valence-electron chi connectivity index (χ4n) is 8.06. The van der Waals surface area contributed by atoms with Crippen LogP contribution in [0, 0.1) is 23.2 Å². The Labute approximate surface area is 208 Å². The van der Waals surface area contributed by atoms with E-state index in [-0.39, 0.29) is 23.7 Å². The third kappa shape index (κ3) is 4.20. The zero-order chi connectivity index (χ0) is 24.2. The fourth-order valence-corrected chi connectivity index (χ4v) is 9.63. The second-order valence-corrected chi connectivity index (χ2v) is 13.7. The summed E-state index contributed by atoms with van der Waals surface area (Å²) < 4.78 is 27.5. The van der Waals surface area contributed by atoms with Crippen LogP contribution in [0.5, 0.6) is 0 Å². The molecule has 4 bridgehead atoms. The molecule has 0 aromatic heterocycles. The molecule has 4 aliphatic carbocycles. The van der Waals surface area contributed by atoms with Crippen molar-refractivity contribution in [3.63, 3.8) is 0 Å². The molecular formula is C27H37N3O4S. The first kappa shape index (κ1) is 23.5. The second kappa shape index (κ2) is 8.87. The molecule has 0 radical (unpaired) electrons. The SMILES string of the molecule is O=C(CCNC(=O)C12CC3CC(CC(C3)C1)C2)N1CCCc2cc(S(=O)(=O)N3CCCC3)ccc21. The molecule has 1 N–H and O–H groups in total. The predicted octanol–water partition coefficient (Wildman–Crippen LogP) is 3.47. The van der Waals surface area contributed by atoms with Crippen LogP contribution >= 0.6 is 0 Å². The van der Waals surface area contributed by atoms with E-state index in [0.29, 0.717) is 31.1 Å². The minimum atomic E-state index is -3.47. The van der Waals surface area contributed by atoms with Crippen molar-refractivity contribution in [2.45, 2.75) is 75.5 Å². The van der Waals surface area contributed by atoms with Crippen molar-refractivity contribution in [3.05, 3.63) is 23.8 Å². The van der Waals surface area contributed by atoms with E-state index in [2.05, 4.69) is 5.32 Å². The second-order valence-electron chi connectivity index (χ2n) is 11.8. The normalized spacial score (nSPS) is 32.0. The summed E-state index contributed by atoms with van der Waals surface area (Å²) >= 11 is 0. The summed E-state index contributed by atoms with van der Waals surface area (Å²) in [5.41, 5.74) is 1.55. The summed E-state index contributed by atoms with van der Waals surface area (Å²) in [6.45, 7) is 2.16. The minimum Gasteiger partial charge on any atom is -0.355 e. The van der Waals surface area contributed by atoms with Gasteiger partial charge in [-0.15, -0.1) is 0 Å². The summed E-state index contributed by atoms with van der Waals surface area (Å²) in [7, 11) is -3.47. The van der Waals surface area contributed by atoms with Crippen LogP contribution in [0.3, 0.4) is 0 Å². The number of carbonyl (C=O) groups excluding carboxylic acids is 2. The number of hydrogen-bond acceptors (Lipinski definition) is 4. The molecule has 2 heterocycles. The largest absolute Gasteiger partial charge is 0.355 e. The maximum Gasteiger partial charge on any atom is 0.243 e. The Morgan fingerprint density at radius 1 is 0.943 bits per heavy atom. The molecule has 8 heteroatoms. The highest BCUT2D eigenvalue weighted by atomic mass is 32.2. The monoisotopic (exact) mass is 499 g/mol. The number of carbonyl (C=O) groups is 2. The number of hydrogen-bond donors (Lipinski definition) is 1. The molecule has 1 saturated heterocycles. The standard InChI is InChI=1S/C27H37N3O4S/c31-25(7-8-28-26(32)27-16-19-12-20(17-27)14-21(13-19)18-27)30-11-3-4-22-15-23(5-6-24(22)30)35(33,34)29-9-1-2-10-29/h5-6,15,19-21H,1-4,7-14,16-18H2,(H,28,32). The Bertz CT molecular complexity index is 1090. The van der Waals surface area contributed by atoms with E-state index in [1.807, 2.05) is 0 Å². The van der Waals surface area contributed by atoms with E-state index in [4.69, 9.17) is 0 Å². The van der Waals surface area contributed by atoms with Crippen molar-refractivity contribution in [3.8, 4) is 0 Å². The molecule has 190 valence electrons.